The molecule has 1 heteroatoms. The summed E-state index contributed by atoms with van der Waals surface area (Å²) in [6, 6.07) is 0. The fraction of sp³-hybridized carbons (Fsp3) is 0.929. The summed E-state index contributed by atoms with van der Waals surface area (Å²) in [6.07, 6.45) is 8.50. The van der Waals surface area contributed by atoms with Crippen molar-refractivity contribution in [1.82, 2.24) is 0 Å². The lowest BCUT2D eigenvalue weighted by molar-refractivity contribution is -0.124. The number of rotatable bonds is 2. The van der Waals surface area contributed by atoms with Crippen LogP contribution in [0.25, 0.3) is 0 Å². The van der Waals surface area contributed by atoms with Crippen LogP contribution >= 0.6 is 0 Å². The van der Waals surface area contributed by atoms with Crippen LogP contribution < -0.4 is 0 Å². The molecule has 0 bridgehead atoms. The standard InChI is InChI=1S/C14H24O/c1-10(2)13-8-7-12(15)9-14(13)11-5-3-4-6-11/h10-11,13-14H,3-9H2,1-2H3. The summed E-state index contributed by atoms with van der Waals surface area (Å²) >= 11 is 0. The van der Waals surface area contributed by atoms with Crippen molar-refractivity contribution in [3.05, 3.63) is 0 Å². The maximum atomic E-state index is 11.6. The van der Waals surface area contributed by atoms with Crippen molar-refractivity contribution in [3.63, 3.8) is 0 Å². The third-order valence-corrected chi connectivity index (χ3v) is 4.63. The number of carbonyl (C=O) groups is 1. The molecule has 0 N–H and O–H groups in total. The Morgan fingerprint density at radius 3 is 2.40 bits per heavy atom. The Kier molecular flexibility index (Phi) is 3.48. The van der Waals surface area contributed by atoms with E-state index in [9.17, 15) is 4.79 Å². The van der Waals surface area contributed by atoms with Gasteiger partial charge in [0.2, 0.25) is 0 Å². The van der Waals surface area contributed by atoms with Gasteiger partial charge in [0, 0.05) is 12.8 Å². The topological polar surface area (TPSA) is 17.1 Å². The van der Waals surface area contributed by atoms with Gasteiger partial charge in [0.1, 0.15) is 5.78 Å². The molecule has 2 rings (SSSR count). The number of ketones is 1. The first-order chi connectivity index (χ1) is 7.18. The predicted molar refractivity (Wildman–Crippen MR) is 62.6 cm³/mol. The van der Waals surface area contributed by atoms with Crippen LogP contribution in [0.5, 0.6) is 0 Å². The van der Waals surface area contributed by atoms with Gasteiger partial charge < -0.3 is 0 Å². The monoisotopic (exact) mass is 208 g/mol. The molecule has 0 saturated heterocycles. The molecule has 15 heavy (non-hydrogen) atoms. The van der Waals surface area contributed by atoms with Crippen molar-refractivity contribution in [3.8, 4) is 0 Å². The molecule has 0 aliphatic heterocycles. The SMILES string of the molecule is CC(C)C1CCC(=O)CC1C1CCCC1. The summed E-state index contributed by atoms with van der Waals surface area (Å²) in [4.78, 5) is 11.6. The molecule has 2 unspecified atom stereocenters. The van der Waals surface area contributed by atoms with Crippen molar-refractivity contribution in [2.24, 2.45) is 23.7 Å². The number of hydrogen-bond donors (Lipinski definition) is 0. The molecule has 0 radical (unpaired) electrons. The molecule has 2 aliphatic carbocycles. The van der Waals surface area contributed by atoms with E-state index in [1.165, 1.54) is 25.7 Å². The zero-order valence-electron chi connectivity index (χ0n) is 10.2. The molecule has 0 heterocycles. The van der Waals surface area contributed by atoms with Crippen LogP contribution in [0.3, 0.4) is 0 Å². The van der Waals surface area contributed by atoms with E-state index in [2.05, 4.69) is 13.8 Å². The molecule has 2 saturated carbocycles. The Balaban J connectivity index is 2.05. The Morgan fingerprint density at radius 2 is 1.80 bits per heavy atom. The normalized spacial score (nSPS) is 33.9. The Morgan fingerprint density at radius 1 is 1.13 bits per heavy atom. The number of hydrogen-bond acceptors (Lipinski definition) is 1. The molecular weight excluding hydrogens is 184 g/mol. The molecule has 2 atom stereocenters. The van der Waals surface area contributed by atoms with E-state index in [0.29, 0.717) is 5.78 Å². The van der Waals surface area contributed by atoms with E-state index >= 15 is 0 Å². The van der Waals surface area contributed by atoms with Gasteiger partial charge in [-0.3, -0.25) is 4.79 Å². The summed E-state index contributed by atoms with van der Waals surface area (Å²) < 4.78 is 0. The highest BCUT2D eigenvalue weighted by molar-refractivity contribution is 5.79. The van der Waals surface area contributed by atoms with Gasteiger partial charge >= 0.3 is 0 Å². The maximum Gasteiger partial charge on any atom is 0.133 e. The van der Waals surface area contributed by atoms with Gasteiger partial charge in [-0.2, -0.15) is 0 Å². The lowest BCUT2D eigenvalue weighted by Gasteiger charge is -2.37. The molecule has 0 spiro atoms. The largest absolute Gasteiger partial charge is 0.300 e. The second-order valence-electron chi connectivity index (χ2n) is 5.90. The van der Waals surface area contributed by atoms with Crippen LogP contribution in [0.2, 0.25) is 0 Å². The zero-order chi connectivity index (χ0) is 10.8. The number of Topliss-reactive ketones (excluding diaryl/α,β-unsaturated/α-hetero) is 1. The van der Waals surface area contributed by atoms with Gasteiger partial charge in [-0.15, -0.1) is 0 Å². The van der Waals surface area contributed by atoms with Gasteiger partial charge in [-0.25, -0.2) is 0 Å². The van der Waals surface area contributed by atoms with Gasteiger partial charge in [0.15, 0.2) is 0 Å². The summed E-state index contributed by atoms with van der Waals surface area (Å²) in [5.74, 6) is 3.73. The minimum absolute atomic E-state index is 0.531. The molecule has 2 fully saturated rings. The highest BCUT2D eigenvalue weighted by atomic mass is 16.1. The smallest absolute Gasteiger partial charge is 0.133 e. The van der Waals surface area contributed by atoms with E-state index in [1.807, 2.05) is 0 Å². The van der Waals surface area contributed by atoms with Crippen LogP contribution in [0.4, 0.5) is 0 Å². The van der Waals surface area contributed by atoms with Crippen molar-refractivity contribution < 1.29 is 4.79 Å². The Hall–Kier alpha value is -0.330. The molecule has 2 aliphatic rings. The van der Waals surface area contributed by atoms with E-state index < -0.39 is 0 Å². The van der Waals surface area contributed by atoms with Crippen LogP contribution in [0.15, 0.2) is 0 Å². The Labute approximate surface area is 93.6 Å². The van der Waals surface area contributed by atoms with Gasteiger partial charge in [0.05, 0.1) is 0 Å². The molecule has 0 aromatic rings. The highest BCUT2D eigenvalue weighted by Crippen LogP contribution is 2.44. The van der Waals surface area contributed by atoms with Crippen molar-refractivity contribution in [2.45, 2.75) is 58.8 Å². The average molecular weight is 208 g/mol. The van der Waals surface area contributed by atoms with E-state index in [4.69, 9.17) is 0 Å². The third kappa shape index (κ3) is 2.43. The summed E-state index contributed by atoms with van der Waals surface area (Å²) in [5.41, 5.74) is 0. The van der Waals surface area contributed by atoms with Gasteiger partial charge in [0.25, 0.3) is 0 Å². The molecule has 1 nitrogen and oxygen atoms in total. The fourth-order valence-electron chi connectivity index (χ4n) is 3.79. The third-order valence-electron chi connectivity index (χ3n) is 4.63. The van der Waals surface area contributed by atoms with Crippen LogP contribution in [-0.4, -0.2) is 5.78 Å². The predicted octanol–water partition coefficient (Wildman–Crippen LogP) is 3.82. The Bertz CT molecular complexity index is 225. The summed E-state index contributed by atoms with van der Waals surface area (Å²) in [7, 11) is 0. The minimum atomic E-state index is 0.531. The summed E-state index contributed by atoms with van der Waals surface area (Å²) in [5, 5.41) is 0. The van der Waals surface area contributed by atoms with E-state index in [-0.39, 0.29) is 0 Å². The molecule has 0 aromatic carbocycles. The highest BCUT2D eigenvalue weighted by Gasteiger charge is 2.37. The second-order valence-corrected chi connectivity index (χ2v) is 5.90. The van der Waals surface area contributed by atoms with Crippen molar-refractivity contribution >= 4 is 5.78 Å². The molecular formula is C14H24O. The van der Waals surface area contributed by atoms with Gasteiger partial charge in [-0.1, -0.05) is 39.5 Å². The average Bonchev–Trinajstić information content (AvgIpc) is 2.69. The molecule has 86 valence electrons. The molecule has 0 aromatic heterocycles. The second kappa shape index (κ2) is 4.67. The zero-order valence-corrected chi connectivity index (χ0v) is 10.2. The number of carbonyl (C=O) groups excluding carboxylic acids is 1. The quantitative estimate of drug-likeness (QED) is 0.674. The van der Waals surface area contributed by atoms with Gasteiger partial charge in [-0.05, 0) is 30.1 Å². The lowest BCUT2D eigenvalue weighted by Crippen LogP contribution is -2.32. The maximum absolute atomic E-state index is 11.6. The van der Waals surface area contributed by atoms with Crippen LogP contribution in [-0.2, 0) is 4.79 Å². The fourth-order valence-corrected chi connectivity index (χ4v) is 3.79. The van der Waals surface area contributed by atoms with E-state index in [0.717, 1.165) is 42.9 Å². The van der Waals surface area contributed by atoms with E-state index in [1.54, 1.807) is 0 Å². The molecule has 0 amide bonds. The van der Waals surface area contributed by atoms with Crippen LogP contribution in [0.1, 0.15) is 58.8 Å². The minimum Gasteiger partial charge on any atom is -0.300 e. The van der Waals surface area contributed by atoms with Crippen LogP contribution in [0, 0.1) is 23.7 Å². The van der Waals surface area contributed by atoms with Crippen molar-refractivity contribution in [1.29, 1.82) is 0 Å². The first-order valence-electron chi connectivity index (χ1n) is 6.70. The lowest BCUT2D eigenvalue weighted by atomic mass is 9.67. The summed E-state index contributed by atoms with van der Waals surface area (Å²) in [6.45, 7) is 4.67. The first-order valence-corrected chi connectivity index (χ1v) is 6.70. The van der Waals surface area contributed by atoms with Crippen molar-refractivity contribution in [2.75, 3.05) is 0 Å². The first kappa shape index (κ1) is 11.2.